The molecule has 4 N–H and O–H groups in total. The molecular weight excluding hydrogens is 663 g/mol. The van der Waals surface area contributed by atoms with E-state index in [-0.39, 0.29) is 18.1 Å². The average molecular weight is 744 g/mol. The lowest BCUT2D eigenvalue weighted by molar-refractivity contribution is -0.156. The van der Waals surface area contributed by atoms with Crippen LogP contribution in [-0.4, -0.2) is 48.9 Å². The molecule has 0 bridgehead atoms. The summed E-state index contributed by atoms with van der Waals surface area (Å²) < 4.78 is 29.7. The fourth-order valence-corrected chi connectivity index (χ4v) is 6.17. The van der Waals surface area contributed by atoms with Crippen LogP contribution in [-0.2, 0) is 24.2 Å². The van der Waals surface area contributed by atoms with E-state index in [0.29, 0.717) is 12.8 Å². The maximum atomic E-state index is 13.4. The summed E-state index contributed by atoms with van der Waals surface area (Å²) in [6.07, 6.45) is 41.3. The monoisotopic (exact) mass is 744 g/mol. The van der Waals surface area contributed by atoms with Gasteiger partial charge in [-0.15, -0.1) is 0 Å². The molecule has 8 nitrogen and oxygen atoms in total. The van der Waals surface area contributed by atoms with E-state index in [1.54, 1.807) is 13.8 Å². The summed E-state index contributed by atoms with van der Waals surface area (Å²) in [6.45, 7) is 7.62. The van der Waals surface area contributed by atoms with Gasteiger partial charge in [0.05, 0.1) is 12.7 Å². The zero-order valence-electron chi connectivity index (χ0n) is 33.7. The van der Waals surface area contributed by atoms with E-state index < -0.39 is 21.4 Å². The van der Waals surface area contributed by atoms with Crippen LogP contribution >= 0.6 is 0 Å². The number of carbonyl (C=O) groups excluding carboxylic acids is 2. The van der Waals surface area contributed by atoms with Crippen molar-refractivity contribution in [2.24, 2.45) is 11.1 Å². The summed E-state index contributed by atoms with van der Waals surface area (Å²) in [5.41, 5.74) is 2.92. The number of rotatable bonds is 35. The highest BCUT2D eigenvalue weighted by atomic mass is 32.3. The summed E-state index contributed by atoms with van der Waals surface area (Å²) in [5.74, 6) is -0.290. The van der Waals surface area contributed by atoms with E-state index in [1.807, 2.05) is 0 Å². The van der Waals surface area contributed by atoms with Crippen molar-refractivity contribution in [2.75, 3.05) is 13.7 Å². The minimum atomic E-state index is -4.16. The number of nitrogens with two attached hydrogens (primary N) is 1. The van der Waals surface area contributed by atoms with E-state index in [1.165, 1.54) is 116 Å². The van der Waals surface area contributed by atoms with E-state index in [0.717, 1.165) is 58.5 Å². The van der Waals surface area contributed by atoms with Crippen LogP contribution < -0.4 is 5.73 Å². The predicted octanol–water partition coefficient (Wildman–Crippen LogP) is 11.4. The third kappa shape index (κ3) is 29.7. The van der Waals surface area contributed by atoms with Crippen LogP contribution in [0.1, 0.15) is 207 Å². The molecule has 0 amide bonds. The first-order chi connectivity index (χ1) is 24.3. The van der Waals surface area contributed by atoms with Gasteiger partial charge >= 0.3 is 10.4 Å². The van der Waals surface area contributed by atoms with Crippen molar-refractivity contribution in [3.05, 3.63) is 24.3 Å². The number of allylic oxidation sites excluding steroid dienone is 4. The minimum absolute atomic E-state index is 0.0975. The number of ketones is 2. The fraction of sp³-hybridized carbons (Fsp3) is 0.857. The Balaban J connectivity index is 0. The van der Waals surface area contributed by atoms with Gasteiger partial charge in [0.1, 0.15) is 17.0 Å². The second kappa shape index (κ2) is 34.4. The minimum Gasteiger partial charge on any atom is -0.387 e. The Hall–Kier alpha value is -1.39. The van der Waals surface area contributed by atoms with Crippen molar-refractivity contribution in [1.29, 1.82) is 0 Å². The maximum Gasteiger partial charge on any atom is 0.397 e. The molecule has 0 rings (SSSR count). The van der Waals surface area contributed by atoms with Gasteiger partial charge < -0.3 is 10.8 Å². The molecule has 0 fully saturated rings. The SMILES string of the molecule is CCCCCCCC/C=C\CCCCCCCC(=O)C(C)(C(=O)CCCCCCC/C=C\CCCCCCCC)C(C)(O)CN.COS(=O)(=O)O. The van der Waals surface area contributed by atoms with Crippen LogP contribution in [0, 0.1) is 5.41 Å². The first-order valence-corrected chi connectivity index (χ1v) is 22.0. The number of Topliss-reactive ketones (excluding diaryl/α,β-unsaturated/α-hetero) is 2. The summed E-state index contributed by atoms with van der Waals surface area (Å²) in [6, 6.07) is 0. The van der Waals surface area contributed by atoms with Gasteiger partial charge in [-0.1, -0.05) is 141 Å². The van der Waals surface area contributed by atoms with Crippen molar-refractivity contribution >= 4 is 22.0 Å². The van der Waals surface area contributed by atoms with Crippen LogP contribution in [0.3, 0.4) is 0 Å². The van der Waals surface area contributed by atoms with Gasteiger partial charge in [-0.2, -0.15) is 8.42 Å². The quantitative estimate of drug-likeness (QED) is 0.0252. The molecule has 0 aromatic heterocycles. The van der Waals surface area contributed by atoms with E-state index >= 15 is 0 Å². The molecule has 0 spiro atoms. The second-order valence-corrected chi connectivity index (χ2v) is 15.9. The van der Waals surface area contributed by atoms with Crippen LogP contribution in [0.25, 0.3) is 0 Å². The highest BCUT2D eigenvalue weighted by Gasteiger charge is 2.52. The zero-order chi connectivity index (χ0) is 38.7. The highest BCUT2D eigenvalue weighted by molar-refractivity contribution is 7.80. The Labute approximate surface area is 315 Å². The van der Waals surface area contributed by atoms with Crippen molar-refractivity contribution in [2.45, 2.75) is 213 Å². The Bertz CT molecular complexity index is 939. The first kappa shape index (κ1) is 51.7. The lowest BCUT2D eigenvalue weighted by Gasteiger charge is -2.39. The molecule has 0 saturated heterocycles. The van der Waals surface area contributed by atoms with Crippen molar-refractivity contribution in [3.8, 4) is 0 Å². The largest absolute Gasteiger partial charge is 0.397 e. The molecule has 0 saturated carbocycles. The molecule has 9 heteroatoms. The van der Waals surface area contributed by atoms with Gasteiger partial charge in [0.15, 0.2) is 0 Å². The maximum absolute atomic E-state index is 13.4. The summed E-state index contributed by atoms with van der Waals surface area (Å²) in [4.78, 5) is 26.7. The molecule has 1 atom stereocenters. The number of hydrogen-bond donors (Lipinski definition) is 3. The molecule has 51 heavy (non-hydrogen) atoms. The molecule has 0 heterocycles. The number of carbonyl (C=O) groups is 2. The smallest absolute Gasteiger partial charge is 0.387 e. The summed E-state index contributed by atoms with van der Waals surface area (Å²) in [5, 5.41) is 11.1. The molecular formula is C42H81NO7S. The van der Waals surface area contributed by atoms with Crippen molar-refractivity contribution in [3.63, 3.8) is 0 Å². The van der Waals surface area contributed by atoms with Gasteiger partial charge in [-0.05, 0) is 78.1 Å². The van der Waals surface area contributed by atoms with Crippen LogP contribution in [0.2, 0.25) is 0 Å². The Morgan fingerprint density at radius 1 is 0.569 bits per heavy atom. The van der Waals surface area contributed by atoms with Crippen LogP contribution in [0.5, 0.6) is 0 Å². The molecule has 0 aromatic rings. The number of aliphatic hydroxyl groups is 1. The van der Waals surface area contributed by atoms with Crippen LogP contribution in [0.15, 0.2) is 24.3 Å². The topological polar surface area (TPSA) is 144 Å². The second-order valence-electron chi connectivity index (χ2n) is 14.7. The third-order valence-corrected chi connectivity index (χ3v) is 10.6. The normalized spacial score (nSPS) is 13.4. The Morgan fingerprint density at radius 2 is 0.824 bits per heavy atom. The zero-order valence-corrected chi connectivity index (χ0v) is 34.6. The first-order valence-electron chi connectivity index (χ1n) is 20.7. The number of unbranched alkanes of at least 4 members (excludes halogenated alkanes) is 22. The molecule has 1 unspecified atom stereocenters. The van der Waals surface area contributed by atoms with Crippen molar-refractivity contribution < 1.29 is 31.8 Å². The molecule has 302 valence electrons. The van der Waals surface area contributed by atoms with Gasteiger partial charge in [0.2, 0.25) is 0 Å². The lowest BCUT2D eigenvalue weighted by Crippen LogP contribution is -2.58. The molecule has 0 radical (unpaired) electrons. The fourth-order valence-electron chi connectivity index (χ4n) is 6.17. The van der Waals surface area contributed by atoms with E-state index in [4.69, 9.17) is 10.3 Å². The molecule has 0 aromatic carbocycles. The molecule has 0 aliphatic rings. The average Bonchev–Trinajstić information content (AvgIpc) is 3.10. The van der Waals surface area contributed by atoms with Gasteiger partial charge in [0, 0.05) is 19.4 Å². The summed E-state index contributed by atoms with van der Waals surface area (Å²) in [7, 11) is -3.29. The van der Waals surface area contributed by atoms with Gasteiger partial charge in [-0.3, -0.25) is 18.3 Å². The summed E-state index contributed by atoms with van der Waals surface area (Å²) >= 11 is 0. The van der Waals surface area contributed by atoms with E-state index in [9.17, 15) is 23.1 Å². The van der Waals surface area contributed by atoms with Gasteiger partial charge in [-0.25, -0.2) is 0 Å². The third-order valence-electron chi connectivity index (χ3n) is 10.1. The van der Waals surface area contributed by atoms with Gasteiger partial charge in [0.25, 0.3) is 0 Å². The molecule has 0 aliphatic heterocycles. The molecule has 0 aliphatic carbocycles. The van der Waals surface area contributed by atoms with Crippen LogP contribution in [0.4, 0.5) is 0 Å². The number of hydrogen-bond acceptors (Lipinski definition) is 7. The van der Waals surface area contributed by atoms with Crippen molar-refractivity contribution in [1.82, 2.24) is 0 Å². The standard InChI is InChI=1S/C41H77NO3.CH4O4S/c1-5-7-9-11-13-15-17-19-21-23-25-27-29-31-33-35-38(43)41(4,40(3,45)37-42)39(44)36-34-32-30-28-26-24-22-20-18-16-14-12-10-8-6-2;1-5-6(2,3)4/h19-22,45H,5-18,23-37,42H2,1-4H3;1H3,(H,2,3,4)/b21-19-,22-20-;. The van der Waals surface area contributed by atoms with E-state index in [2.05, 4.69) is 42.3 Å². The lowest BCUT2D eigenvalue weighted by atomic mass is 9.66. The highest BCUT2D eigenvalue weighted by Crippen LogP contribution is 2.36. The Kier molecular flexibility index (Phi) is 34.9. The predicted molar refractivity (Wildman–Crippen MR) is 215 cm³/mol. The Morgan fingerprint density at radius 3 is 1.08 bits per heavy atom.